The van der Waals surface area contributed by atoms with Gasteiger partial charge in [0.05, 0.1) is 24.4 Å². The third-order valence-corrected chi connectivity index (χ3v) is 7.09. The number of hydrogen-bond acceptors (Lipinski definition) is 8. The largest absolute Gasteiger partial charge is 0.493 e. The maximum absolute atomic E-state index is 13.6. The second-order valence-corrected chi connectivity index (χ2v) is 10.3. The van der Waals surface area contributed by atoms with Crippen molar-refractivity contribution in [2.24, 2.45) is 5.73 Å². The first-order valence-corrected chi connectivity index (χ1v) is 13.0. The van der Waals surface area contributed by atoms with E-state index in [0.29, 0.717) is 46.2 Å². The molecule has 9 heteroatoms. The van der Waals surface area contributed by atoms with Crippen molar-refractivity contribution in [3.63, 3.8) is 0 Å². The number of fused-ring (bicyclic) bond motifs is 1. The molecule has 8 nitrogen and oxygen atoms in total. The van der Waals surface area contributed by atoms with Crippen LogP contribution in [0.5, 0.6) is 17.2 Å². The van der Waals surface area contributed by atoms with Gasteiger partial charge in [0.25, 0.3) is 0 Å². The molecular weight excluding hydrogens is 503 g/mol. The molecule has 2 aromatic carbocycles. The van der Waals surface area contributed by atoms with E-state index in [0.717, 1.165) is 5.56 Å². The van der Waals surface area contributed by atoms with Gasteiger partial charge in [-0.3, -0.25) is 4.79 Å². The summed E-state index contributed by atoms with van der Waals surface area (Å²) < 4.78 is 30.5. The van der Waals surface area contributed by atoms with Gasteiger partial charge in [0.1, 0.15) is 30.3 Å². The van der Waals surface area contributed by atoms with E-state index in [2.05, 4.69) is 0 Å². The Hall–Kier alpha value is -3.53. The van der Waals surface area contributed by atoms with Crippen molar-refractivity contribution in [3.05, 3.63) is 71.2 Å². The minimum Gasteiger partial charge on any atom is -0.493 e. The van der Waals surface area contributed by atoms with Crippen molar-refractivity contribution >= 4 is 5.78 Å². The summed E-state index contributed by atoms with van der Waals surface area (Å²) >= 11 is 0. The number of benzene rings is 2. The van der Waals surface area contributed by atoms with Crippen LogP contribution in [0.15, 0.2) is 48.5 Å². The standard InChI is InChI=1S/C30H35FN2O6/c1-5-30(32)17-39-28-22(30)15-26(33-27(28)19-6-9-21(31)10-7-19)29(3,36)13-12-23(35)20-8-11-24(25(14-20)37-4)38-16-18(2)34/h6-11,14-15,18,34,36H,5,12-13,16-17,32H2,1-4H3/t18-,29-,30+/m1/s1. The Kier molecular flexibility index (Phi) is 8.25. The predicted molar refractivity (Wildman–Crippen MR) is 145 cm³/mol. The highest BCUT2D eigenvalue weighted by Gasteiger charge is 2.40. The molecule has 0 radical (unpaired) electrons. The fourth-order valence-electron chi connectivity index (χ4n) is 4.50. The molecular formula is C30H35FN2O6. The van der Waals surface area contributed by atoms with Gasteiger partial charge in [-0.2, -0.15) is 0 Å². The zero-order valence-electron chi connectivity index (χ0n) is 22.7. The summed E-state index contributed by atoms with van der Waals surface area (Å²) in [5, 5.41) is 21.0. The van der Waals surface area contributed by atoms with Crippen LogP contribution < -0.4 is 19.9 Å². The monoisotopic (exact) mass is 538 g/mol. The molecule has 1 aliphatic heterocycles. The highest BCUT2D eigenvalue weighted by Crippen LogP contribution is 2.45. The number of methoxy groups -OCH3 is 1. The van der Waals surface area contributed by atoms with Crippen LogP contribution in [0, 0.1) is 5.82 Å². The van der Waals surface area contributed by atoms with E-state index in [1.54, 1.807) is 50.2 Å². The molecule has 39 heavy (non-hydrogen) atoms. The fraction of sp³-hybridized carbons (Fsp3) is 0.400. The number of pyridine rings is 1. The van der Waals surface area contributed by atoms with E-state index in [1.807, 2.05) is 6.92 Å². The molecule has 1 aromatic heterocycles. The lowest BCUT2D eigenvalue weighted by Gasteiger charge is -2.26. The molecule has 3 atom stereocenters. The molecule has 0 fully saturated rings. The van der Waals surface area contributed by atoms with Crippen LogP contribution >= 0.6 is 0 Å². The van der Waals surface area contributed by atoms with Crippen molar-refractivity contribution in [2.45, 2.75) is 57.3 Å². The van der Waals surface area contributed by atoms with Crippen LogP contribution in [0.4, 0.5) is 4.39 Å². The molecule has 0 bridgehead atoms. The molecule has 2 heterocycles. The molecule has 0 unspecified atom stereocenters. The van der Waals surface area contributed by atoms with Crippen LogP contribution in [-0.2, 0) is 11.1 Å². The fourth-order valence-corrected chi connectivity index (χ4v) is 4.50. The number of rotatable bonds is 11. The third kappa shape index (κ3) is 6.06. The molecule has 0 saturated heterocycles. The van der Waals surface area contributed by atoms with E-state index < -0.39 is 17.2 Å². The highest BCUT2D eigenvalue weighted by atomic mass is 19.1. The number of aliphatic hydroxyl groups excluding tert-OH is 1. The topological polar surface area (TPSA) is 124 Å². The van der Waals surface area contributed by atoms with E-state index in [9.17, 15) is 19.4 Å². The Morgan fingerprint density at radius 1 is 1.23 bits per heavy atom. The number of carbonyl (C=O) groups excluding carboxylic acids is 1. The number of nitrogens with two attached hydrogens (primary N) is 1. The quantitative estimate of drug-likeness (QED) is 0.305. The number of nitrogens with zero attached hydrogens (tertiary/aromatic N) is 1. The molecule has 3 aromatic rings. The number of aliphatic hydroxyl groups is 2. The highest BCUT2D eigenvalue weighted by molar-refractivity contribution is 5.96. The maximum Gasteiger partial charge on any atom is 0.163 e. The zero-order valence-corrected chi connectivity index (χ0v) is 22.7. The number of hydrogen-bond donors (Lipinski definition) is 3. The number of Topliss-reactive ketones (excluding diaryl/α,β-unsaturated/α-hetero) is 1. The van der Waals surface area contributed by atoms with Crippen molar-refractivity contribution in [3.8, 4) is 28.5 Å². The van der Waals surface area contributed by atoms with E-state index >= 15 is 0 Å². The van der Waals surface area contributed by atoms with Crippen molar-refractivity contribution < 1.29 is 33.6 Å². The van der Waals surface area contributed by atoms with Crippen LogP contribution in [-0.4, -0.2) is 47.4 Å². The second-order valence-electron chi connectivity index (χ2n) is 10.3. The van der Waals surface area contributed by atoms with Gasteiger partial charge in [0.2, 0.25) is 0 Å². The van der Waals surface area contributed by atoms with E-state index in [1.165, 1.54) is 19.2 Å². The van der Waals surface area contributed by atoms with Crippen LogP contribution in [0.25, 0.3) is 11.3 Å². The van der Waals surface area contributed by atoms with Gasteiger partial charge in [0, 0.05) is 23.1 Å². The minimum absolute atomic E-state index is 0.0344. The smallest absolute Gasteiger partial charge is 0.163 e. The van der Waals surface area contributed by atoms with E-state index in [4.69, 9.17) is 24.9 Å². The van der Waals surface area contributed by atoms with Crippen LogP contribution in [0.2, 0.25) is 0 Å². The Labute approximate surface area is 227 Å². The maximum atomic E-state index is 13.6. The number of ether oxygens (including phenoxy) is 3. The SMILES string of the molecule is CC[C@]1(N)COc2c1cc([C@](C)(O)CCC(=O)c1ccc(OC[C@@H](C)O)c(OC)c1)nc2-c1ccc(F)cc1. The molecule has 4 rings (SSSR count). The van der Waals surface area contributed by atoms with E-state index in [-0.39, 0.29) is 37.7 Å². The lowest BCUT2D eigenvalue weighted by molar-refractivity contribution is 0.0396. The Balaban J connectivity index is 1.60. The predicted octanol–water partition coefficient (Wildman–Crippen LogP) is 4.48. The molecule has 0 spiro atoms. The van der Waals surface area contributed by atoms with Gasteiger partial charge >= 0.3 is 0 Å². The van der Waals surface area contributed by atoms with Crippen molar-refractivity contribution in [1.29, 1.82) is 0 Å². The molecule has 0 amide bonds. The molecule has 4 N–H and O–H groups in total. The van der Waals surface area contributed by atoms with Gasteiger partial charge < -0.3 is 30.2 Å². The lowest BCUT2D eigenvalue weighted by Crippen LogP contribution is -2.37. The average molecular weight is 539 g/mol. The summed E-state index contributed by atoms with van der Waals surface area (Å²) in [5.74, 6) is 0.739. The van der Waals surface area contributed by atoms with Gasteiger partial charge in [-0.05, 0) is 75.2 Å². The van der Waals surface area contributed by atoms with Crippen LogP contribution in [0.3, 0.4) is 0 Å². The Morgan fingerprint density at radius 2 is 1.95 bits per heavy atom. The van der Waals surface area contributed by atoms with Crippen LogP contribution in [0.1, 0.15) is 61.6 Å². The van der Waals surface area contributed by atoms with Crippen molar-refractivity contribution in [2.75, 3.05) is 20.3 Å². The van der Waals surface area contributed by atoms with Gasteiger partial charge in [0.15, 0.2) is 23.0 Å². The number of ketones is 1. The van der Waals surface area contributed by atoms with Crippen molar-refractivity contribution in [1.82, 2.24) is 4.98 Å². The number of carbonyl (C=O) groups is 1. The summed E-state index contributed by atoms with van der Waals surface area (Å²) in [6.07, 6.45) is 0.0782. The summed E-state index contributed by atoms with van der Waals surface area (Å²) in [7, 11) is 1.47. The Bertz CT molecular complexity index is 1340. The third-order valence-electron chi connectivity index (χ3n) is 7.09. The summed E-state index contributed by atoms with van der Waals surface area (Å²) in [6.45, 7) is 5.53. The van der Waals surface area contributed by atoms with Gasteiger partial charge in [-0.1, -0.05) is 6.92 Å². The van der Waals surface area contributed by atoms with Gasteiger partial charge in [-0.15, -0.1) is 0 Å². The second kappa shape index (κ2) is 11.3. The normalized spacial score (nSPS) is 18.6. The zero-order chi connectivity index (χ0) is 28.4. The summed E-state index contributed by atoms with van der Waals surface area (Å²) in [6, 6.07) is 12.5. The first kappa shape index (κ1) is 28.5. The lowest BCUT2D eigenvalue weighted by atomic mass is 9.86. The number of halogens is 1. The summed E-state index contributed by atoms with van der Waals surface area (Å²) in [5.41, 5.74) is 6.98. The molecule has 0 aliphatic carbocycles. The minimum atomic E-state index is -1.47. The summed E-state index contributed by atoms with van der Waals surface area (Å²) in [4.78, 5) is 17.8. The Morgan fingerprint density at radius 3 is 2.59 bits per heavy atom. The molecule has 1 aliphatic rings. The number of aromatic nitrogens is 1. The first-order chi connectivity index (χ1) is 18.5. The average Bonchev–Trinajstić information content (AvgIpc) is 3.27. The van der Waals surface area contributed by atoms with Gasteiger partial charge in [-0.25, -0.2) is 9.37 Å². The first-order valence-electron chi connectivity index (χ1n) is 13.0. The molecule has 0 saturated carbocycles. The molecule has 208 valence electrons.